The quantitative estimate of drug-likeness (QED) is 0.786. The first-order valence-electron chi connectivity index (χ1n) is 5.81. The predicted molar refractivity (Wildman–Crippen MR) is 74.7 cm³/mol. The van der Waals surface area contributed by atoms with Gasteiger partial charge in [0, 0.05) is 6.54 Å². The number of nitrogens with zero attached hydrogens (tertiary/aromatic N) is 1. The van der Waals surface area contributed by atoms with Gasteiger partial charge in [-0.15, -0.1) is 0 Å². The second kappa shape index (κ2) is 7.36. The van der Waals surface area contributed by atoms with E-state index in [1.807, 2.05) is 6.92 Å². The number of halogens is 2. The van der Waals surface area contributed by atoms with Gasteiger partial charge in [0.05, 0.1) is 22.7 Å². The number of ether oxygens (including phenoxy) is 1. The Labute approximate surface area is 122 Å². The van der Waals surface area contributed by atoms with Gasteiger partial charge in [0.25, 0.3) is 5.91 Å². The average Bonchev–Trinajstić information content (AvgIpc) is 2.40. The number of carbonyl (C=O) groups is 2. The third-order valence-electron chi connectivity index (χ3n) is 2.51. The second-order valence-electron chi connectivity index (χ2n) is 3.90. The molecule has 4 nitrogen and oxygen atoms in total. The normalized spacial score (nSPS) is 10.1. The third kappa shape index (κ3) is 4.11. The first kappa shape index (κ1) is 15.8. The van der Waals surface area contributed by atoms with Crippen molar-refractivity contribution >= 4 is 35.1 Å². The highest BCUT2D eigenvalue weighted by Crippen LogP contribution is 2.26. The number of methoxy groups -OCH3 is 1. The molecule has 0 spiro atoms. The van der Waals surface area contributed by atoms with Crippen LogP contribution in [-0.2, 0) is 9.53 Å². The summed E-state index contributed by atoms with van der Waals surface area (Å²) in [4.78, 5) is 25.0. The fourth-order valence-corrected chi connectivity index (χ4v) is 1.96. The van der Waals surface area contributed by atoms with E-state index in [0.29, 0.717) is 11.6 Å². The lowest BCUT2D eigenvalue weighted by Crippen LogP contribution is -2.37. The third-order valence-corrected chi connectivity index (χ3v) is 3.33. The molecule has 1 amide bonds. The van der Waals surface area contributed by atoms with Crippen molar-refractivity contribution in [3.05, 3.63) is 33.8 Å². The fraction of sp³-hybridized carbons (Fsp3) is 0.385. The molecule has 0 unspecified atom stereocenters. The lowest BCUT2D eigenvalue weighted by molar-refractivity contribution is -0.141. The Morgan fingerprint density at radius 1 is 1.32 bits per heavy atom. The number of hydrogen-bond donors (Lipinski definition) is 0. The van der Waals surface area contributed by atoms with E-state index in [-0.39, 0.29) is 23.0 Å². The van der Waals surface area contributed by atoms with E-state index in [1.54, 1.807) is 18.2 Å². The zero-order valence-corrected chi connectivity index (χ0v) is 12.3. The maximum atomic E-state index is 12.3. The van der Waals surface area contributed by atoms with Gasteiger partial charge in [-0.25, -0.2) is 0 Å². The Kier molecular flexibility index (Phi) is 6.12. The van der Waals surface area contributed by atoms with E-state index >= 15 is 0 Å². The van der Waals surface area contributed by atoms with Gasteiger partial charge in [-0.05, 0) is 18.6 Å². The zero-order chi connectivity index (χ0) is 14.4. The number of esters is 1. The molecule has 0 aliphatic rings. The average molecular weight is 304 g/mol. The van der Waals surface area contributed by atoms with Crippen LogP contribution in [0.15, 0.2) is 18.2 Å². The standard InChI is InChI=1S/C13H15Cl2NO3/c1-3-7-16(8-11(17)19-2)13(18)9-5-4-6-10(14)12(9)15/h4-6H,3,7-8H2,1-2H3. The summed E-state index contributed by atoms with van der Waals surface area (Å²) < 4.78 is 4.58. The number of rotatable bonds is 5. The van der Waals surface area contributed by atoms with Crippen LogP contribution in [-0.4, -0.2) is 37.0 Å². The Bertz CT molecular complexity index is 477. The van der Waals surface area contributed by atoms with Crippen molar-refractivity contribution in [2.24, 2.45) is 0 Å². The van der Waals surface area contributed by atoms with Crippen molar-refractivity contribution < 1.29 is 14.3 Å². The van der Waals surface area contributed by atoms with Gasteiger partial charge in [0.15, 0.2) is 0 Å². The number of hydrogen-bond acceptors (Lipinski definition) is 3. The fourth-order valence-electron chi connectivity index (χ4n) is 1.58. The highest BCUT2D eigenvalue weighted by Gasteiger charge is 2.21. The topological polar surface area (TPSA) is 46.6 Å². The molecule has 0 bridgehead atoms. The molecule has 0 aromatic heterocycles. The molecule has 0 fully saturated rings. The highest BCUT2D eigenvalue weighted by molar-refractivity contribution is 6.43. The number of benzene rings is 1. The van der Waals surface area contributed by atoms with Crippen molar-refractivity contribution in [2.75, 3.05) is 20.2 Å². The van der Waals surface area contributed by atoms with Crippen LogP contribution in [0.4, 0.5) is 0 Å². The smallest absolute Gasteiger partial charge is 0.325 e. The Morgan fingerprint density at radius 3 is 2.58 bits per heavy atom. The van der Waals surface area contributed by atoms with Gasteiger partial charge in [-0.2, -0.15) is 0 Å². The van der Waals surface area contributed by atoms with Gasteiger partial charge < -0.3 is 9.64 Å². The SMILES string of the molecule is CCCN(CC(=O)OC)C(=O)c1cccc(Cl)c1Cl. The van der Waals surface area contributed by atoms with Crippen LogP contribution < -0.4 is 0 Å². The molecule has 0 aliphatic heterocycles. The summed E-state index contributed by atoms with van der Waals surface area (Å²) in [6, 6.07) is 4.82. The van der Waals surface area contributed by atoms with Crippen molar-refractivity contribution in [1.82, 2.24) is 4.90 Å². The molecule has 1 rings (SSSR count). The molecule has 6 heteroatoms. The Balaban J connectivity index is 2.98. The molecule has 0 saturated heterocycles. The van der Waals surface area contributed by atoms with Crippen LogP contribution in [0.1, 0.15) is 23.7 Å². The molecule has 19 heavy (non-hydrogen) atoms. The minimum absolute atomic E-state index is 0.105. The number of carbonyl (C=O) groups excluding carboxylic acids is 2. The van der Waals surface area contributed by atoms with Gasteiger partial charge in [0.1, 0.15) is 6.54 Å². The summed E-state index contributed by atoms with van der Waals surface area (Å²) >= 11 is 11.9. The molecule has 0 atom stereocenters. The van der Waals surface area contributed by atoms with E-state index in [4.69, 9.17) is 23.2 Å². The van der Waals surface area contributed by atoms with Gasteiger partial charge >= 0.3 is 5.97 Å². The molecular weight excluding hydrogens is 289 g/mol. The minimum atomic E-state index is -0.472. The van der Waals surface area contributed by atoms with Crippen LogP contribution >= 0.6 is 23.2 Å². The highest BCUT2D eigenvalue weighted by atomic mass is 35.5. The molecule has 1 aromatic rings. The molecule has 0 aliphatic carbocycles. The van der Waals surface area contributed by atoms with Crippen molar-refractivity contribution in [3.8, 4) is 0 Å². The molecule has 0 heterocycles. The molecule has 104 valence electrons. The van der Waals surface area contributed by atoms with Crippen molar-refractivity contribution in [3.63, 3.8) is 0 Å². The summed E-state index contributed by atoms with van der Waals surface area (Å²) in [7, 11) is 1.28. The van der Waals surface area contributed by atoms with E-state index in [1.165, 1.54) is 12.0 Å². The number of amides is 1. The summed E-state index contributed by atoms with van der Waals surface area (Å²) in [6.07, 6.45) is 0.723. The first-order valence-corrected chi connectivity index (χ1v) is 6.57. The summed E-state index contributed by atoms with van der Waals surface area (Å²) in [5.41, 5.74) is 0.284. The van der Waals surface area contributed by atoms with Crippen LogP contribution in [0.3, 0.4) is 0 Å². The van der Waals surface area contributed by atoms with E-state index in [9.17, 15) is 9.59 Å². The summed E-state index contributed by atoms with van der Waals surface area (Å²) in [5, 5.41) is 0.502. The van der Waals surface area contributed by atoms with Crippen molar-refractivity contribution in [1.29, 1.82) is 0 Å². The molecule has 0 radical (unpaired) electrons. The molecule has 0 saturated carbocycles. The van der Waals surface area contributed by atoms with Gasteiger partial charge in [0.2, 0.25) is 0 Å². The largest absolute Gasteiger partial charge is 0.468 e. The summed E-state index contributed by atoms with van der Waals surface area (Å²) in [5.74, 6) is -0.806. The Hall–Kier alpha value is -1.26. The zero-order valence-electron chi connectivity index (χ0n) is 10.8. The molecule has 0 N–H and O–H groups in total. The van der Waals surface area contributed by atoms with Crippen molar-refractivity contribution in [2.45, 2.75) is 13.3 Å². The maximum absolute atomic E-state index is 12.3. The van der Waals surface area contributed by atoms with Gasteiger partial charge in [-0.3, -0.25) is 9.59 Å². The van der Waals surface area contributed by atoms with E-state index in [2.05, 4.69) is 4.74 Å². The lowest BCUT2D eigenvalue weighted by Gasteiger charge is -2.21. The minimum Gasteiger partial charge on any atom is -0.468 e. The summed E-state index contributed by atoms with van der Waals surface area (Å²) in [6.45, 7) is 2.25. The molecular formula is C13H15Cl2NO3. The first-order chi connectivity index (χ1) is 9.01. The second-order valence-corrected chi connectivity index (χ2v) is 4.69. The van der Waals surface area contributed by atoms with Crippen LogP contribution in [0.2, 0.25) is 10.0 Å². The molecule has 1 aromatic carbocycles. The van der Waals surface area contributed by atoms with Crippen LogP contribution in [0.25, 0.3) is 0 Å². The van der Waals surface area contributed by atoms with Crippen LogP contribution in [0, 0.1) is 0 Å². The van der Waals surface area contributed by atoms with E-state index in [0.717, 1.165) is 6.42 Å². The van der Waals surface area contributed by atoms with Gasteiger partial charge in [-0.1, -0.05) is 36.2 Å². The van der Waals surface area contributed by atoms with E-state index < -0.39 is 5.97 Å². The van der Waals surface area contributed by atoms with Crippen LogP contribution in [0.5, 0.6) is 0 Å². The maximum Gasteiger partial charge on any atom is 0.325 e. The predicted octanol–water partition coefficient (Wildman–Crippen LogP) is 3.02. The monoisotopic (exact) mass is 303 g/mol. The Morgan fingerprint density at radius 2 is 2.00 bits per heavy atom. The lowest BCUT2D eigenvalue weighted by atomic mass is 10.2.